The van der Waals surface area contributed by atoms with Gasteiger partial charge in [0.05, 0.1) is 0 Å². The van der Waals surface area contributed by atoms with Crippen molar-refractivity contribution in [3.05, 3.63) is 60.7 Å². The third-order valence-electron chi connectivity index (χ3n) is 6.15. The summed E-state index contributed by atoms with van der Waals surface area (Å²) >= 11 is 2.99. The molecular weight excluding hydrogens is 470 g/mol. The summed E-state index contributed by atoms with van der Waals surface area (Å²) in [4.78, 5) is 0. The monoisotopic (exact) mass is 510 g/mol. The fourth-order valence-corrected chi connectivity index (χ4v) is 13.4. The van der Waals surface area contributed by atoms with Crippen molar-refractivity contribution in [2.45, 2.75) is 78.1 Å². The predicted octanol–water partition coefficient (Wildman–Crippen LogP) is 8.48. The van der Waals surface area contributed by atoms with Crippen LogP contribution >= 0.6 is 26.3 Å². The minimum atomic E-state index is -2.20. The average Bonchev–Trinajstić information content (AvgIpc) is 2.75. The second-order valence-corrected chi connectivity index (χ2v) is 20.0. The topological polar surface area (TPSA) is 0 Å². The van der Waals surface area contributed by atoms with Crippen molar-refractivity contribution in [3.8, 4) is 0 Å². The van der Waals surface area contributed by atoms with Gasteiger partial charge >= 0.3 is 188 Å². The molecule has 0 aliphatic heterocycles. The van der Waals surface area contributed by atoms with Crippen LogP contribution in [0.3, 0.4) is 0 Å². The molecule has 0 aliphatic carbocycles. The maximum absolute atomic E-state index is 2.99. The molecule has 0 unspecified atom stereocenters. The van der Waals surface area contributed by atoms with Crippen LogP contribution in [0, 0.1) is 0 Å². The molecule has 28 heavy (non-hydrogen) atoms. The maximum atomic E-state index is 2.99. The summed E-state index contributed by atoms with van der Waals surface area (Å²) in [5.41, 5.74) is 0. The summed E-state index contributed by atoms with van der Waals surface area (Å²) < 4.78 is -2.20. The molecule has 2 heteroatoms. The van der Waals surface area contributed by atoms with Crippen LogP contribution in [0.25, 0.3) is 0 Å². The van der Waals surface area contributed by atoms with Crippen LogP contribution in [0.2, 0.25) is 0 Å². The van der Waals surface area contributed by atoms with Crippen LogP contribution < -0.4 is 10.6 Å². The van der Waals surface area contributed by atoms with E-state index >= 15 is 0 Å². The minimum absolute atomic E-state index is 1.32. The number of halogens is 1. The molecule has 2 rings (SSSR count). The van der Waals surface area contributed by atoms with Gasteiger partial charge in [-0.15, -0.1) is 0 Å². The molecule has 0 saturated heterocycles. The van der Waals surface area contributed by atoms with Crippen LogP contribution in [0.5, 0.6) is 0 Å². The van der Waals surface area contributed by atoms with E-state index in [1.165, 1.54) is 76.5 Å². The van der Waals surface area contributed by atoms with Gasteiger partial charge < -0.3 is 0 Å². The predicted molar refractivity (Wildman–Crippen MR) is 140 cm³/mol. The molecule has 0 spiro atoms. The molecule has 0 saturated carbocycles. The quantitative estimate of drug-likeness (QED) is 0.136. The van der Waals surface area contributed by atoms with Crippen molar-refractivity contribution < 1.29 is 0 Å². The van der Waals surface area contributed by atoms with E-state index < -0.39 is 4.25 Å². The molecule has 156 valence electrons. The summed E-state index contributed by atoms with van der Waals surface area (Å²) in [7, 11) is 0. The van der Waals surface area contributed by atoms with E-state index in [9.17, 15) is 0 Å². The Morgan fingerprint density at radius 1 is 0.536 bits per heavy atom. The van der Waals surface area contributed by atoms with Gasteiger partial charge in [-0.3, -0.25) is 0 Å². The fourth-order valence-electron chi connectivity index (χ4n) is 4.41. The van der Waals surface area contributed by atoms with Crippen LogP contribution in [-0.2, 0) is 0 Å². The Morgan fingerprint density at radius 3 is 1.25 bits per heavy atom. The van der Waals surface area contributed by atoms with Gasteiger partial charge in [0.25, 0.3) is 0 Å². The van der Waals surface area contributed by atoms with Crippen molar-refractivity contribution in [2.75, 3.05) is 12.3 Å². The van der Waals surface area contributed by atoms with Crippen molar-refractivity contribution in [1.82, 2.24) is 0 Å². The van der Waals surface area contributed by atoms with Gasteiger partial charge in [-0.25, -0.2) is 0 Å². The summed E-state index contributed by atoms with van der Waals surface area (Å²) in [6.07, 6.45) is 16.4. The SMILES string of the molecule is CCCCCCCP(I)(CCCCCCC)(c1ccccc1)c1ccccc1. The van der Waals surface area contributed by atoms with Crippen LogP contribution in [-0.4, -0.2) is 12.3 Å². The van der Waals surface area contributed by atoms with Gasteiger partial charge in [-0.1, -0.05) is 0 Å². The van der Waals surface area contributed by atoms with Crippen LogP contribution in [0.1, 0.15) is 78.1 Å². The molecule has 0 N–H and O–H groups in total. The molecule has 0 nitrogen and oxygen atoms in total. The Kier molecular flexibility index (Phi) is 10.5. The zero-order valence-electron chi connectivity index (χ0n) is 18.1. The molecule has 2 aromatic rings. The van der Waals surface area contributed by atoms with E-state index in [-0.39, 0.29) is 0 Å². The fraction of sp³-hybridized carbons (Fsp3) is 0.538. The number of unbranched alkanes of at least 4 members (excludes halogenated alkanes) is 8. The van der Waals surface area contributed by atoms with Crippen molar-refractivity contribution >= 4 is 36.9 Å². The standard InChI is InChI=1S/C26H40IP/c1-3-5-7-9-17-23-28(27,24-18-10-8-6-4-2,25-19-13-11-14-20-25)26-21-15-12-16-22-26/h11-16,19-22H,3-10,17-18,23-24H2,1-2H3. The first kappa shape index (κ1) is 23.9. The first-order chi connectivity index (χ1) is 13.6. The zero-order valence-corrected chi connectivity index (χ0v) is 21.1. The number of hydrogen-bond acceptors (Lipinski definition) is 0. The molecule has 0 aromatic heterocycles. The molecule has 2 aromatic carbocycles. The molecule has 0 atom stereocenters. The van der Waals surface area contributed by atoms with E-state index in [0.717, 1.165) is 0 Å². The van der Waals surface area contributed by atoms with E-state index in [4.69, 9.17) is 0 Å². The Morgan fingerprint density at radius 2 is 0.893 bits per heavy atom. The second-order valence-electron chi connectivity index (χ2n) is 8.32. The molecular formula is C26H40IP. The van der Waals surface area contributed by atoms with Gasteiger partial charge in [-0.2, -0.15) is 0 Å². The molecule has 0 fully saturated rings. The zero-order chi connectivity index (χ0) is 20.2. The Labute approximate surface area is 187 Å². The van der Waals surface area contributed by atoms with E-state index in [0.29, 0.717) is 0 Å². The Bertz CT molecular complexity index is 595. The van der Waals surface area contributed by atoms with Crippen molar-refractivity contribution in [2.24, 2.45) is 0 Å². The number of hydrogen-bond donors (Lipinski definition) is 0. The molecule has 0 aliphatic rings. The first-order valence-electron chi connectivity index (χ1n) is 11.5. The van der Waals surface area contributed by atoms with Gasteiger partial charge in [0.2, 0.25) is 0 Å². The first-order valence-corrected chi connectivity index (χ1v) is 16.9. The third kappa shape index (κ3) is 6.30. The van der Waals surface area contributed by atoms with Crippen molar-refractivity contribution in [1.29, 1.82) is 0 Å². The molecule has 0 heterocycles. The third-order valence-corrected chi connectivity index (χ3v) is 17.8. The molecule has 0 bridgehead atoms. The Balaban J connectivity index is 2.34. The normalized spacial score (nSPS) is 13.2. The molecule has 0 amide bonds. The van der Waals surface area contributed by atoms with Gasteiger partial charge in [0, 0.05) is 0 Å². The summed E-state index contributed by atoms with van der Waals surface area (Å²) in [6.45, 7) is 4.62. The van der Waals surface area contributed by atoms with Gasteiger partial charge in [-0.05, 0) is 0 Å². The van der Waals surface area contributed by atoms with Crippen LogP contribution in [0.15, 0.2) is 60.7 Å². The summed E-state index contributed by atoms with van der Waals surface area (Å²) in [5.74, 6) is 0. The van der Waals surface area contributed by atoms with E-state index in [1.54, 1.807) is 10.6 Å². The van der Waals surface area contributed by atoms with E-state index in [1.807, 2.05) is 0 Å². The van der Waals surface area contributed by atoms with Crippen molar-refractivity contribution in [3.63, 3.8) is 0 Å². The average molecular weight is 510 g/mol. The second kappa shape index (κ2) is 12.3. The summed E-state index contributed by atoms with van der Waals surface area (Å²) in [5, 5.41) is 3.23. The molecule has 0 radical (unpaired) electrons. The number of benzene rings is 2. The van der Waals surface area contributed by atoms with E-state index in [2.05, 4.69) is 96.6 Å². The number of rotatable bonds is 14. The Hall–Kier alpha value is -0.400. The van der Waals surface area contributed by atoms with Gasteiger partial charge in [0.1, 0.15) is 0 Å². The summed E-state index contributed by atoms with van der Waals surface area (Å²) in [6, 6.07) is 23.1. The van der Waals surface area contributed by atoms with Crippen LogP contribution in [0.4, 0.5) is 0 Å². The van der Waals surface area contributed by atoms with Gasteiger partial charge in [0.15, 0.2) is 0 Å².